The molecule has 1 heterocycles. The molecule has 0 saturated heterocycles. The van der Waals surface area contributed by atoms with Crippen molar-refractivity contribution in [3.63, 3.8) is 0 Å². The molecule has 18 heavy (non-hydrogen) atoms. The van der Waals surface area contributed by atoms with E-state index in [1.54, 1.807) is 23.1 Å². The van der Waals surface area contributed by atoms with Gasteiger partial charge in [0.05, 0.1) is 19.3 Å². The first kappa shape index (κ1) is 15.1. The molecular formula is C13H17NO2S2. The standard InChI is InChI=1S/C13H17NO2S2/c1-3-7-17-8-6-14-10-12-5-4-11(18-12)9-13(15)16-2/h1,4-5,14H,6-10H2,2H3. The van der Waals surface area contributed by atoms with Crippen molar-refractivity contribution in [2.24, 2.45) is 0 Å². The molecule has 1 N–H and O–H groups in total. The molecular weight excluding hydrogens is 266 g/mol. The number of esters is 1. The molecule has 1 aromatic heterocycles. The van der Waals surface area contributed by atoms with Crippen LogP contribution >= 0.6 is 23.1 Å². The van der Waals surface area contributed by atoms with Gasteiger partial charge >= 0.3 is 5.97 Å². The molecule has 0 spiro atoms. The molecule has 1 aromatic rings. The Morgan fingerprint density at radius 3 is 3.06 bits per heavy atom. The van der Waals surface area contributed by atoms with E-state index in [-0.39, 0.29) is 5.97 Å². The van der Waals surface area contributed by atoms with Crippen molar-refractivity contribution in [2.45, 2.75) is 13.0 Å². The number of ether oxygens (including phenoxy) is 1. The van der Waals surface area contributed by atoms with E-state index in [4.69, 9.17) is 6.42 Å². The maximum atomic E-state index is 11.1. The van der Waals surface area contributed by atoms with Gasteiger partial charge in [0, 0.05) is 28.6 Å². The summed E-state index contributed by atoms with van der Waals surface area (Å²) in [4.78, 5) is 13.4. The van der Waals surface area contributed by atoms with Crippen LogP contribution in [0, 0.1) is 12.3 Å². The molecule has 0 atom stereocenters. The molecule has 0 unspecified atom stereocenters. The normalized spacial score (nSPS) is 10.0. The Labute approximate surface area is 116 Å². The second kappa shape index (κ2) is 9.03. The topological polar surface area (TPSA) is 38.3 Å². The van der Waals surface area contributed by atoms with Gasteiger partial charge in [0.15, 0.2) is 0 Å². The SMILES string of the molecule is C#CCSCCNCc1ccc(CC(=O)OC)s1. The summed E-state index contributed by atoms with van der Waals surface area (Å²) in [5.41, 5.74) is 0. The number of thioether (sulfide) groups is 1. The van der Waals surface area contributed by atoms with Crippen LogP contribution in [0.3, 0.4) is 0 Å². The Hall–Kier alpha value is -0.960. The third-order valence-corrected chi connectivity index (χ3v) is 4.12. The zero-order valence-electron chi connectivity index (χ0n) is 10.4. The van der Waals surface area contributed by atoms with Gasteiger partial charge in [0.25, 0.3) is 0 Å². The summed E-state index contributed by atoms with van der Waals surface area (Å²) in [5, 5.41) is 3.35. The number of hydrogen-bond donors (Lipinski definition) is 1. The summed E-state index contributed by atoms with van der Waals surface area (Å²) in [7, 11) is 1.41. The number of rotatable bonds is 8. The smallest absolute Gasteiger partial charge is 0.310 e. The summed E-state index contributed by atoms with van der Waals surface area (Å²) < 4.78 is 4.63. The molecule has 1 rings (SSSR count). The highest BCUT2D eigenvalue weighted by Gasteiger charge is 2.05. The second-order valence-corrected chi connectivity index (χ2v) is 5.91. The minimum Gasteiger partial charge on any atom is -0.469 e. The van der Waals surface area contributed by atoms with Crippen molar-refractivity contribution < 1.29 is 9.53 Å². The van der Waals surface area contributed by atoms with Gasteiger partial charge in [0.2, 0.25) is 0 Å². The third-order valence-electron chi connectivity index (χ3n) is 2.17. The molecule has 5 heteroatoms. The second-order valence-electron chi connectivity index (χ2n) is 3.55. The lowest BCUT2D eigenvalue weighted by molar-refractivity contribution is -0.139. The summed E-state index contributed by atoms with van der Waals surface area (Å²) in [6.45, 7) is 1.78. The number of terminal acetylenes is 1. The van der Waals surface area contributed by atoms with Crippen LogP contribution in [0.15, 0.2) is 12.1 Å². The Balaban J connectivity index is 2.19. The highest BCUT2D eigenvalue weighted by Crippen LogP contribution is 2.17. The van der Waals surface area contributed by atoms with Gasteiger partial charge < -0.3 is 10.1 Å². The Kier molecular flexibility index (Phi) is 7.58. The van der Waals surface area contributed by atoms with Crippen LogP contribution in [0.4, 0.5) is 0 Å². The highest BCUT2D eigenvalue weighted by atomic mass is 32.2. The molecule has 3 nitrogen and oxygen atoms in total. The molecule has 0 aliphatic heterocycles. The van der Waals surface area contributed by atoms with E-state index < -0.39 is 0 Å². The first-order chi connectivity index (χ1) is 8.76. The van der Waals surface area contributed by atoms with E-state index >= 15 is 0 Å². The van der Waals surface area contributed by atoms with Crippen molar-refractivity contribution in [3.05, 3.63) is 21.9 Å². The molecule has 0 radical (unpaired) electrons. The van der Waals surface area contributed by atoms with Gasteiger partial charge in [-0.1, -0.05) is 5.92 Å². The molecule has 0 saturated carbocycles. The summed E-state index contributed by atoms with van der Waals surface area (Å²) in [6, 6.07) is 4.02. The molecule has 0 aliphatic carbocycles. The minimum atomic E-state index is -0.193. The monoisotopic (exact) mass is 283 g/mol. The highest BCUT2D eigenvalue weighted by molar-refractivity contribution is 7.99. The fourth-order valence-corrected chi connectivity index (χ4v) is 2.84. The van der Waals surface area contributed by atoms with E-state index in [0.717, 1.165) is 29.5 Å². The average Bonchev–Trinajstić information content (AvgIpc) is 2.81. The van der Waals surface area contributed by atoms with Gasteiger partial charge in [-0.2, -0.15) is 0 Å². The van der Waals surface area contributed by atoms with Crippen LogP contribution < -0.4 is 5.32 Å². The first-order valence-corrected chi connectivity index (χ1v) is 7.59. The third kappa shape index (κ3) is 6.10. The van der Waals surface area contributed by atoms with Gasteiger partial charge in [0.1, 0.15) is 0 Å². The maximum absolute atomic E-state index is 11.1. The first-order valence-electron chi connectivity index (χ1n) is 5.62. The van der Waals surface area contributed by atoms with Crippen molar-refractivity contribution in [1.29, 1.82) is 0 Å². The maximum Gasteiger partial charge on any atom is 0.310 e. The van der Waals surface area contributed by atoms with Crippen molar-refractivity contribution in [3.8, 4) is 12.3 Å². The quantitative estimate of drug-likeness (QED) is 0.449. The van der Waals surface area contributed by atoms with Crippen LogP contribution in [0.1, 0.15) is 9.75 Å². The lowest BCUT2D eigenvalue weighted by Crippen LogP contribution is -2.15. The fraction of sp³-hybridized carbons (Fsp3) is 0.462. The van der Waals surface area contributed by atoms with E-state index in [2.05, 4.69) is 16.0 Å². The van der Waals surface area contributed by atoms with Crippen molar-refractivity contribution in [1.82, 2.24) is 5.32 Å². The molecule has 0 aliphatic rings. The van der Waals surface area contributed by atoms with Gasteiger partial charge in [-0.15, -0.1) is 29.5 Å². The number of carbonyl (C=O) groups excluding carboxylic acids is 1. The van der Waals surface area contributed by atoms with E-state index in [9.17, 15) is 4.79 Å². The summed E-state index contributed by atoms with van der Waals surface area (Å²) >= 11 is 3.39. The largest absolute Gasteiger partial charge is 0.469 e. The van der Waals surface area contributed by atoms with Crippen LogP contribution in [-0.4, -0.2) is 31.1 Å². The predicted octanol–water partition coefficient (Wildman–Crippen LogP) is 1.92. The van der Waals surface area contributed by atoms with Crippen LogP contribution in [0.5, 0.6) is 0 Å². The number of hydrogen-bond acceptors (Lipinski definition) is 5. The molecule has 0 fully saturated rings. The summed E-state index contributed by atoms with van der Waals surface area (Å²) in [5.74, 6) is 4.19. The van der Waals surface area contributed by atoms with Crippen molar-refractivity contribution in [2.75, 3.05) is 25.2 Å². The van der Waals surface area contributed by atoms with E-state index in [1.807, 2.05) is 12.1 Å². The number of nitrogens with one attached hydrogen (secondary N) is 1. The molecule has 0 bridgehead atoms. The van der Waals surface area contributed by atoms with E-state index in [1.165, 1.54) is 12.0 Å². The number of methoxy groups -OCH3 is 1. The van der Waals surface area contributed by atoms with Gasteiger partial charge in [-0.25, -0.2) is 0 Å². The zero-order valence-corrected chi connectivity index (χ0v) is 12.0. The lowest BCUT2D eigenvalue weighted by Gasteiger charge is -2.01. The van der Waals surface area contributed by atoms with E-state index in [0.29, 0.717) is 6.42 Å². The van der Waals surface area contributed by atoms with Gasteiger partial charge in [-0.05, 0) is 12.1 Å². The number of thiophene rings is 1. The van der Waals surface area contributed by atoms with Crippen LogP contribution in [-0.2, 0) is 22.5 Å². The Morgan fingerprint density at radius 2 is 2.33 bits per heavy atom. The summed E-state index contributed by atoms with van der Waals surface area (Å²) in [6.07, 6.45) is 5.52. The zero-order chi connectivity index (χ0) is 13.2. The van der Waals surface area contributed by atoms with Gasteiger partial charge in [-0.3, -0.25) is 4.79 Å². The van der Waals surface area contributed by atoms with Crippen LogP contribution in [0.2, 0.25) is 0 Å². The fourth-order valence-electron chi connectivity index (χ4n) is 1.31. The molecule has 98 valence electrons. The molecule has 0 aromatic carbocycles. The minimum absolute atomic E-state index is 0.193. The number of carbonyl (C=O) groups is 1. The lowest BCUT2D eigenvalue weighted by atomic mass is 10.3. The predicted molar refractivity (Wildman–Crippen MR) is 77.9 cm³/mol. The Bertz CT molecular complexity index is 409. The average molecular weight is 283 g/mol. The molecule has 0 amide bonds. The Morgan fingerprint density at radius 1 is 1.56 bits per heavy atom. The van der Waals surface area contributed by atoms with Crippen LogP contribution in [0.25, 0.3) is 0 Å². The van der Waals surface area contributed by atoms with Crippen molar-refractivity contribution >= 4 is 29.1 Å².